The molecule has 3 fully saturated rings. The topological polar surface area (TPSA) is 68.2 Å². The normalized spacial score (nSPS) is 35.5. The van der Waals surface area contributed by atoms with E-state index >= 15 is 0 Å². The summed E-state index contributed by atoms with van der Waals surface area (Å²) in [4.78, 5) is 6.97. The summed E-state index contributed by atoms with van der Waals surface area (Å²) in [6.45, 7) is 3.06. The van der Waals surface area contributed by atoms with Gasteiger partial charge in [0.25, 0.3) is 0 Å². The van der Waals surface area contributed by atoms with E-state index in [9.17, 15) is 0 Å². The van der Waals surface area contributed by atoms with Crippen molar-refractivity contribution in [3.05, 3.63) is 11.7 Å². The molecule has 5 heteroatoms. The molecule has 3 aliphatic rings. The molecular formula is C14H22N4O. The summed E-state index contributed by atoms with van der Waals surface area (Å²) in [5, 5.41) is 4.09. The molecule has 0 aromatic carbocycles. The van der Waals surface area contributed by atoms with E-state index < -0.39 is 0 Å². The van der Waals surface area contributed by atoms with Gasteiger partial charge in [-0.1, -0.05) is 11.6 Å². The van der Waals surface area contributed by atoms with E-state index in [1.165, 1.54) is 32.1 Å². The molecule has 2 aliphatic carbocycles. The number of nitrogens with zero attached hydrogens (tertiary/aromatic N) is 3. The fraction of sp³-hybridized carbons (Fsp3) is 0.857. The molecule has 1 saturated heterocycles. The molecule has 19 heavy (non-hydrogen) atoms. The van der Waals surface area contributed by atoms with Crippen molar-refractivity contribution in [2.45, 2.75) is 50.6 Å². The van der Waals surface area contributed by atoms with Gasteiger partial charge in [-0.2, -0.15) is 4.98 Å². The third kappa shape index (κ3) is 2.30. The van der Waals surface area contributed by atoms with E-state index in [2.05, 4.69) is 15.0 Å². The molecule has 1 aliphatic heterocycles. The summed E-state index contributed by atoms with van der Waals surface area (Å²) in [6.07, 6.45) is 6.28. The van der Waals surface area contributed by atoms with E-state index in [4.69, 9.17) is 10.3 Å². The Morgan fingerprint density at radius 1 is 1.21 bits per heavy atom. The van der Waals surface area contributed by atoms with Crippen molar-refractivity contribution in [3.63, 3.8) is 0 Å². The first kappa shape index (κ1) is 11.9. The quantitative estimate of drug-likeness (QED) is 0.894. The van der Waals surface area contributed by atoms with Crippen molar-refractivity contribution in [2.75, 3.05) is 13.1 Å². The van der Waals surface area contributed by atoms with Crippen molar-refractivity contribution in [1.82, 2.24) is 15.0 Å². The monoisotopic (exact) mass is 262 g/mol. The summed E-state index contributed by atoms with van der Waals surface area (Å²) in [6, 6.07) is 0.397. The van der Waals surface area contributed by atoms with Gasteiger partial charge in [0.1, 0.15) is 0 Å². The van der Waals surface area contributed by atoms with Crippen molar-refractivity contribution in [2.24, 2.45) is 17.6 Å². The van der Waals surface area contributed by atoms with Gasteiger partial charge in [0.2, 0.25) is 5.89 Å². The molecular weight excluding hydrogens is 240 g/mol. The first-order valence-electron chi connectivity index (χ1n) is 7.60. The lowest BCUT2D eigenvalue weighted by molar-refractivity contribution is 0.252. The Morgan fingerprint density at radius 2 is 2.11 bits per heavy atom. The predicted octanol–water partition coefficient (Wildman–Crippen LogP) is 1.51. The highest BCUT2D eigenvalue weighted by molar-refractivity contribution is 5.03. The van der Waals surface area contributed by atoms with Crippen LogP contribution >= 0.6 is 0 Å². The van der Waals surface area contributed by atoms with Gasteiger partial charge in [-0.25, -0.2) is 0 Å². The Labute approximate surface area is 113 Å². The Kier molecular flexibility index (Phi) is 2.84. The lowest BCUT2D eigenvalue weighted by Crippen LogP contribution is -2.38. The first-order chi connectivity index (χ1) is 9.29. The molecule has 104 valence electrons. The van der Waals surface area contributed by atoms with E-state index in [0.717, 1.165) is 37.3 Å². The van der Waals surface area contributed by atoms with E-state index in [0.29, 0.717) is 17.9 Å². The van der Waals surface area contributed by atoms with Crippen LogP contribution in [0.3, 0.4) is 0 Å². The van der Waals surface area contributed by atoms with E-state index in [1.807, 2.05) is 0 Å². The van der Waals surface area contributed by atoms with Gasteiger partial charge < -0.3 is 10.3 Å². The molecule has 0 bridgehead atoms. The largest absolute Gasteiger partial charge is 0.338 e. The molecule has 3 atom stereocenters. The van der Waals surface area contributed by atoms with Crippen LogP contribution in [0.15, 0.2) is 4.52 Å². The van der Waals surface area contributed by atoms with Crippen LogP contribution in [-0.4, -0.2) is 34.2 Å². The Morgan fingerprint density at radius 3 is 2.89 bits per heavy atom. The smallest absolute Gasteiger partial charge is 0.240 e. The summed E-state index contributed by atoms with van der Waals surface area (Å²) >= 11 is 0. The minimum absolute atomic E-state index is 0.397. The maximum atomic E-state index is 6.25. The zero-order chi connectivity index (χ0) is 12.8. The Balaban J connectivity index is 1.40. The number of fused-ring (bicyclic) bond motifs is 1. The molecule has 0 spiro atoms. The zero-order valence-electron chi connectivity index (χ0n) is 11.3. The number of aromatic nitrogens is 2. The molecule has 5 nitrogen and oxygen atoms in total. The number of hydrogen-bond acceptors (Lipinski definition) is 5. The molecule has 2 saturated carbocycles. The summed E-state index contributed by atoms with van der Waals surface area (Å²) in [7, 11) is 0. The van der Waals surface area contributed by atoms with Gasteiger partial charge in [-0.15, -0.1) is 0 Å². The molecule has 4 rings (SSSR count). The molecule has 2 N–H and O–H groups in total. The third-order valence-electron chi connectivity index (χ3n) is 5.01. The molecule has 0 radical (unpaired) electrons. The number of hydrogen-bond donors (Lipinski definition) is 1. The lowest BCUT2D eigenvalue weighted by Gasteiger charge is -2.29. The average Bonchev–Trinajstić information content (AvgIpc) is 3.00. The molecule has 2 heterocycles. The van der Waals surface area contributed by atoms with Crippen molar-refractivity contribution in [3.8, 4) is 0 Å². The van der Waals surface area contributed by atoms with Gasteiger partial charge in [-0.3, -0.25) is 4.90 Å². The molecule has 3 unspecified atom stereocenters. The maximum absolute atomic E-state index is 6.25. The van der Waals surface area contributed by atoms with Gasteiger partial charge >= 0.3 is 0 Å². The maximum Gasteiger partial charge on any atom is 0.240 e. The fourth-order valence-electron chi connectivity index (χ4n) is 3.77. The molecule has 1 aromatic heterocycles. The van der Waals surface area contributed by atoms with Crippen LogP contribution in [-0.2, 0) is 6.54 Å². The van der Waals surface area contributed by atoms with Gasteiger partial charge in [0, 0.05) is 25.0 Å². The van der Waals surface area contributed by atoms with Crippen molar-refractivity contribution in [1.29, 1.82) is 0 Å². The van der Waals surface area contributed by atoms with Crippen LogP contribution in [0.1, 0.15) is 49.7 Å². The highest BCUT2D eigenvalue weighted by atomic mass is 16.5. The summed E-state index contributed by atoms with van der Waals surface area (Å²) in [5.74, 6) is 3.75. The van der Waals surface area contributed by atoms with Crippen LogP contribution in [0.5, 0.6) is 0 Å². The minimum atomic E-state index is 0.397. The molecule has 0 amide bonds. The van der Waals surface area contributed by atoms with Crippen LogP contribution in [0.25, 0.3) is 0 Å². The minimum Gasteiger partial charge on any atom is -0.338 e. The predicted molar refractivity (Wildman–Crippen MR) is 70.4 cm³/mol. The van der Waals surface area contributed by atoms with Crippen LogP contribution in [0, 0.1) is 11.8 Å². The van der Waals surface area contributed by atoms with Gasteiger partial charge in [0.15, 0.2) is 5.82 Å². The van der Waals surface area contributed by atoms with Crippen LogP contribution in [0.2, 0.25) is 0 Å². The highest BCUT2D eigenvalue weighted by Gasteiger charge is 2.39. The highest BCUT2D eigenvalue weighted by Crippen LogP contribution is 2.39. The second-order valence-corrected chi connectivity index (χ2v) is 6.53. The second kappa shape index (κ2) is 4.56. The van der Waals surface area contributed by atoms with Crippen molar-refractivity contribution < 1.29 is 4.52 Å². The lowest BCUT2D eigenvalue weighted by atomic mass is 9.78. The summed E-state index contributed by atoms with van der Waals surface area (Å²) in [5.41, 5.74) is 6.25. The van der Waals surface area contributed by atoms with Gasteiger partial charge in [0.05, 0.1) is 6.54 Å². The SMILES string of the molecule is NC1CCCC2CN(Cc3nc(C4CC4)no3)CC12. The van der Waals surface area contributed by atoms with Crippen molar-refractivity contribution >= 4 is 0 Å². The van der Waals surface area contributed by atoms with Crippen LogP contribution in [0.4, 0.5) is 0 Å². The fourth-order valence-corrected chi connectivity index (χ4v) is 3.77. The average molecular weight is 262 g/mol. The summed E-state index contributed by atoms with van der Waals surface area (Å²) < 4.78 is 5.37. The Bertz CT molecular complexity index is 456. The number of rotatable bonds is 3. The number of nitrogens with two attached hydrogens (primary N) is 1. The number of likely N-dealkylation sites (tertiary alicyclic amines) is 1. The Hall–Kier alpha value is -0.940. The molecule has 1 aromatic rings. The zero-order valence-corrected chi connectivity index (χ0v) is 11.3. The second-order valence-electron chi connectivity index (χ2n) is 6.53. The third-order valence-corrected chi connectivity index (χ3v) is 5.01. The van der Waals surface area contributed by atoms with E-state index in [-0.39, 0.29) is 0 Å². The van der Waals surface area contributed by atoms with Gasteiger partial charge in [-0.05, 0) is 37.5 Å². The first-order valence-corrected chi connectivity index (χ1v) is 7.60. The van der Waals surface area contributed by atoms with E-state index in [1.54, 1.807) is 0 Å². The standard InChI is InChI=1S/C14H22N4O/c15-12-3-1-2-10-6-18(7-11(10)12)8-13-16-14(17-19-13)9-4-5-9/h9-12H,1-8,15H2. The van der Waals surface area contributed by atoms with Crippen LogP contribution < -0.4 is 5.73 Å².